The van der Waals surface area contributed by atoms with Crippen molar-refractivity contribution in [1.29, 1.82) is 0 Å². The average molecular weight is 452 g/mol. The summed E-state index contributed by atoms with van der Waals surface area (Å²) in [7, 11) is 0. The number of rotatable bonds is 2. The molecule has 0 spiro atoms. The predicted molar refractivity (Wildman–Crippen MR) is 121 cm³/mol. The van der Waals surface area contributed by atoms with E-state index in [4.69, 9.17) is 4.98 Å². The predicted octanol–water partition coefficient (Wildman–Crippen LogP) is 5.04. The maximum Gasteiger partial charge on any atom is 0.257 e. The quantitative estimate of drug-likeness (QED) is 0.426. The van der Waals surface area contributed by atoms with Gasteiger partial charge in [0.05, 0.1) is 10.9 Å². The van der Waals surface area contributed by atoms with Gasteiger partial charge in [-0.05, 0) is 49.6 Å². The largest absolute Gasteiger partial charge is 0.371 e. The smallest absolute Gasteiger partial charge is 0.257 e. The fraction of sp³-hybridized carbons (Fsp3) is 0.375. The van der Waals surface area contributed by atoms with E-state index >= 15 is 4.39 Å². The molecule has 6 rings (SSSR count). The molecule has 6 nitrogen and oxygen atoms in total. The summed E-state index contributed by atoms with van der Waals surface area (Å²) >= 11 is 0. The number of nitrogens with zero attached hydrogens (tertiary/aromatic N) is 6. The Labute approximate surface area is 188 Å². The van der Waals surface area contributed by atoms with E-state index < -0.39 is 5.92 Å². The second-order valence-electron chi connectivity index (χ2n) is 8.83. The van der Waals surface area contributed by atoms with Crippen molar-refractivity contribution >= 4 is 33.9 Å². The van der Waals surface area contributed by atoms with E-state index in [1.54, 1.807) is 10.5 Å². The van der Waals surface area contributed by atoms with E-state index in [2.05, 4.69) is 15.1 Å². The van der Waals surface area contributed by atoms with Crippen molar-refractivity contribution in [3.05, 3.63) is 53.6 Å². The van der Waals surface area contributed by atoms with Crippen LogP contribution in [0.4, 0.5) is 30.4 Å². The summed E-state index contributed by atoms with van der Waals surface area (Å²) in [5, 5.41) is 8.74. The minimum atomic E-state index is -2.59. The molecule has 0 amide bonds. The number of piperidine rings is 1. The monoisotopic (exact) mass is 452 g/mol. The molecule has 2 aromatic heterocycles. The average Bonchev–Trinajstić information content (AvgIpc) is 3.19. The fourth-order valence-electron chi connectivity index (χ4n) is 5.17. The lowest BCUT2D eigenvalue weighted by Crippen LogP contribution is -2.40. The first kappa shape index (κ1) is 20.3. The Bertz CT molecular complexity index is 1370. The third kappa shape index (κ3) is 3.20. The molecule has 0 aliphatic carbocycles. The number of halogens is 3. The Kier molecular flexibility index (Phi) is 4.50. The molecule has 170 valence electrons. The number of hydrogen-bond donors (Lipinski definition) is 0. The second kappa shape index (κ2) is 7.33. The van der Waals surface area contributed by atoms with Crippen molar-refractivity contribution in [3.8, 4) is 0 Å². The van der Waals surface area contributed by atoms with Crippen LogP contribution in [0.25, 0.3) is 16.7 Å². The van der Waals surface area contributed by atoms with Gasteiger partial charge in [0.15, 0.2) is 0 Å². The standard InChI is InChI=1S/C24H23F3N6/c1-15-29-30-23-28-22(21-17(25)6-2-9-20(21)33(15)23)32-12-4-5-16-18(7-3-8-19(16)32)31-13-10-24(26,27)11-14-31/h2-3,6-9H,4-5,10-14H2,1H3. The van der Waals surface area contributed by atoms with Gasteiger partial charge in [-0.3, -0.25) is 4.40 Å². The van der Waals surface area contributed by atoms with E-state index in [0.717, 1.165) is 29.8 Å². The maximum absolute atomic E-state index is 15.2. The highest BCUT2D eigenvalue weighted by atomic mass is 19.3. The van der Waals surface area contributed by atoms with Crippen molar-refractivity contribution in [1.82, 2.24) is 19.6 Å². The molecule has 1 saturated heterocycles. The molecule has 1 fully saturated rings. The normalized spacial score (nSPS) is 18.2. The highest BCUT2D eigenvalue weighted by Gasteiger charge is 2.35. The van der Waals surface area contributed by atoms with Crippen LogP contribution in [0.2, 0.25) is 0 Å². The summed E-state index contributed by atoms with van der Waals surface area (Å²) in [5.41, 5.74) is 3.68. The van der Waals surface area contributed by atoms with Gasteiger partial charge in [0.2, 0.25) is 0 Å². The van der Waals surface area contributed by atoms with Crippen LogP contribution >= 0.6 is 0 Å². The molecule has 0 unspecified atom stereocenters. The molecule has 0 radical (unpaired) electrons. The van der Waals surface area contributed by atoms with Gasteiger partial charge in [-0.25, -0.2) is 13.2 Å². The number of hydrogen-bond acceptors (Lipinski definition) is 5. The van der Waals surface area contributed by atoms with E-state index in [1.165, 1.54) is 6.07 Å². The number of benzene rings is 2. The van der Waals surface area contributed by atoms with Crippen LogP contribution < -0.4 is 9.80 Å². The minimum absolute atomic E-state index is 0.138. The van der Waals surface area contributed by atoms with Crippen LogP contribution in [0, 0.1) is 12.7 Å². The highest BCUT2D eigenvalue weighted by molar-refractivity contribution is 5.95. The zero-order valence-electron chi connectivity index (χ0n) is 18.2. The first-order valence-electron chi connectivity index (χ1n) is 11.3. The van der Waals surface area contributed by atoms with E-state index in [-0.39, 0.29) is 18.7 Å². The summed E-state index contributed by atoms with van der Waals surface area (Å²) in [6.07, 6.45) is 1.41. The Morgan fingerprint density at radius 2 is 1.70 bits per heavy atom. The van der Waals surface area contributed by atoms with E-state index in [9.17, 15) is 8.78 Å². The summed E-state index contributed by atoms with van der Waals surface area (Å²) in [6.45, 7) is 3.14. The number of anilines is 3. The summed E-state index contributed by atoms with van der Waals surface area (Å²) in [6, 6.07) is 10.9. The molecule has 0 N–H and O–H groups in total. The van der Waals surface area contributed by atoms with Gasteiger partial charge in [0, 0.05) is 43.9 Å². The molecule has 4 heterocycles. The Hall–Kier alpha value is -3.36. The van der Waals surface area contributed by atoms with Gasteiger partial charge in [-0.15, -0.1) is 10.2 Å². The number of aryl methyl sites for hydroxylation is 1. The lowest BCUT2D eigenvalue weighted by molar-refractivity contribution is -0.0220. The van der Waals surface area contributed by atoms with Crippen LogP contribution in [-0.4, -0.2) is 45.1 Å². The highest BCUT2D eigenvalue weighted by Crippen LogP contribution is 2.42. The molecular weight excluding hydrogens is 429 g/mol. The Morgan fingerprint density at radius 1 is 0.939 bits per heavy atom. The SMILES string of the molecule is Cc1nnc2nc(N3CCCc4c(N5CCC(F)(F)CC5)cccc43)c3c(F)cccc3n12. The molecule has 4 aromatic rings. The number of alkyl halides is 2. The van der Waals surface area contributed by atoms with Crippen molar-refractivity contribution in [3.63, 3.8) is 0 Å². The van der Waals surface area contributed by atoms with Gasteiger partial charge in [-0.1, -0.05) is 12.1 Å². The van der Waals surface area contributed by atoms with Crippen LogP contribution in [0.15, 0.2) is 36.4 Å². The zero-order valence-corrected chi connectivity index (χ0v) is 18.2. The summed E-state index contributed by atoms with van der Waals surface area (Å²) in [5.74, 6) is -1.38. The molecule has 9 heteroatoms. The first-order valence-corrected chi connectivity index (χ1v) is 11.3. The molecule has 2 aromatic carbocycles. The molecular formula is C24H23F3N6. The third-order valence-corrected chi connectivity index (χ3v) is 6.79. The van der Waals surface area contributed by atoms with Crippen LogP contribution in [0.1, 0.15) is 30.7 Å². The van der Waals surface area contributed by atoms with E-state index in [1.807, 2.05) is 36.1 Å². The van der Waals surface area contributed by atoms with Crippen molar-refractivity contribution in [2.45, 2.75) is 38.5 Å². The minimum Gasteiger partial charge on any atom is -0.371 e. The number of aromatic nitrogens is 4. The molecule has 0 atom stereocenters. The van der Waals surface area contributed by atoms with Gasteiger partial charge < -0.3 is 9.80 Å². The Balaban J connectivity index is 1.51. The van der Waals surface area contributed by atoms with Gasteiger partial charge in [-0.2, -0.15) is 4.98 Å². The molecule has 2 aliphatic heterocycles. The van der Waals surface area contributed by atoms with Gasteiger partial charge in [0.1, 0.15) is 17.5 Å². The van der Waals surface area contributed by atoms with Crippen LogP contribution in [0.5, 0.6) is 0 Å². The van der Waals surface area contributed by atoms with Gasteiger partial charge in [0.25, 0.3) is 11.7 Å². The Morgan fingerprint density at radius 3 is 2.52 bits per heavy atom. The number of fused-ring (bicyclic) bond motifs is 4. The molecule has 0 bridgehead atoms. The maximum atomic E-state index is 15.2. The lowest BCUT2D eigenvalue weighted by atomic mass is 9.97. The van der Waals surface area contributed by atoms with Crippen molar-refractivity contribution in [2.24, 2.45) is 0 Å². The summed E-state index contributed by atoms with van der Waals surface area (Å²) < 4.78 is 44.4. The first-order chi connectivity index (χ1) is 15.9. The van der Waals surface area contributed by atoms with Crippen molar-refractivity contribution in [2.75, 3.05) is 29.4 Å². The van der Waals surface area contributed by atoms with Crippen molar-refractivity contribution < 1.29 is 13.2 Å². The van der Waals surface area contributed by atoms with Gasteiger partial charge >= 0.3 is 0 Å². The topological polar surface area (TPSA) is 49.6 Å². The molecule has 2 aliphatic rings. The molecule has 0 saturated carbocycles. The van der Waals surface area contributed by atoms with Crippen LogP contribution in [-0.2, 0) is 6.42 Å². The zero-order chi connectivity index (χ0) is 22.7. The molecule has 33 heavy (non-hydrogen) atoms. The third-order valence-electron chi connectivity index (χ3n) is 6.79. The second-order valence-corrected chi connectivity index (χ2v) is 8.83. The fourth-order valence-corrected chi connectivity index (χ4v) is 5.17. The van der Waals surface area contributed by atoms with E-state index in [0.29, 0.717) is 48.0 Å². The van der Waals surface area contributed by atoms with Crippen LogP contribution in [0.3, 0.4) is 0 Å². The summed E-state index contributed by atoms with van der Waals surface area (Å²) in [4.78, 5) is 8.82. The lowest BCUT2D eigenvalue weighted by Gasteiger charge is -2.38.